The number of aryl methyl sites for hydroxylation is 1. The van der Waals surface area contributed by atoms with Crippen molar-refractivity contribution in [2.45, 2.75) is 45.7 Å². The molecule has 0 saturated carbocycles. The number of hydrogen-bond donors (Lipinski definition) is 1. The summed E-state index contributed by atoms with van der Waals surface area (Å²) in [5.74, 6) is 0.0170. The fourth-order valence-electron chi connectivity index (χ4n) is 3.94. The van der Waals surface area contributed by atoms with Crippen LogP contribution in [0.5, 0.6) is 0 Å². The zero-order valence-electron chi connectivity index (χ0n) is 16.6. The lowest BCUT2D eigenvalue weighted by Gasteiger charge is -2.34. The standard InChI is InChI=1S/C21H32N4O2/c1-17-6-5-7-19(14-17)15-24-12-13-25(16-20(24)26)21(27)22-9-8-18(2)23-10-3-4-11-23/h5-7,14,18H,3-4,8-13,15-16H2,1-2H3,(H,22,27)/t18-/m1/s1. The van der Waals surface area contributed by atoms with E-state index in [-0.39, 0.29) is 18.5 Å². The third-order valence-corrected chi connectivity index (χ3v) is 5.66. The molecule has 2 saturated heterocycles. The topological polar surface area (TPSA) is 55.9 Å². The molecule has 2 aliphatic rings. The van der Waals surface area contributed by atoms with Crippen LogP contribution in [0.1, 0.15) is 37.3 Å². The van der Waals surface area contributed by atoms with Crippen molar-refractivity contribution in [3.05, 3.63) is 35.4 Å². The highest BCUT2D eigenvalue weighted by atomic mass is 16.2. The van der Waals surface area contributed by atoms with Gasteiger partial charge in [0.1, 0.15) is 6.54 Å². The summed E-state index contributed by atoms with van der Waals surface area (Å²) in [5, 5.41) is 2.99. The number of nitrogens with one attached hydrogen (secondary N) is 1. The fraction of sp³-hybridized carbons (Fsp3) is 0.619. The molecule has 0 bridgehead atoms. The summed E-state index contributed by atoms with van der Waals surface area (Å²) >= 11 is 0. The number of likely N-dealkylation sites (tertiary alicyclic amines) is 1. The lowest BCUT2D eigenvalue weighted by atomic mass is 10.1. The Morgan fingerprint density at radius 2 is 1.96 bits per heavy atom. The molecule has 6 nitrogen and oxygen atoms in total. The summed E-state index contributed by atoms with van der Waals surface area (Å²) in [6.45, 7) is 9.24. The van der Waals surface area contributed by atoms with Gasteiger partial charge in [-0.25, -0.2) is 4.79 Å². The van der Waals surface area contributed by atoms with Crippen molar-refractivity contribution in [1.82, 2.24) is 20.0 Å². The first-order valence-corrected chi connectivity index (χ1v) is 10.1. The molecule has 0 spiro atoms. The Labute approximate surface area is 162 Å². The van der Waals surface area contributed by atoms with Crippen LogP contribution in [0.15, 0.2) is 24.3 Å². The number of carbonyl (C=O) groups excluding carboxylic acids is 2. The summed E-state index contributed by atoms with van der Waals surface area (Å²) in [6, 6.07) is 8.60. The SMILES string of the molecule is Cc1cccc(CN2CCN(C(=O)NCC[C@@H](C)N3CCCC3)CC2=O)c1. The van der Waals surface area contributed by atoms with Crippen molar-refractivity contribution >= 4 is 11.9 Å². The van der Waals surface area contributed by atoms with E-state index in [0.717, 1.165) is 12.0 Å². The van der Waals surface area contributed by atoms with Crippen molar-refractivity contribution in [2.75, 3.05) is 39.3 Å². The average molecular weight is 373 g/mol. The molecule has 1 atom stereocenters. The lowest BCUT2D eigenvalue weighted by molar-refractivity contribution is -0.135. The molecule has 6 heteroatoms. The zero-order chi connectivity index (χ0) is 19.2. The van der Waals surface area contributed by atoms with Gasteiger partial charge in [-0.1, -0.05) is 29.8 Å². The highest BCUT2D eigenvalue weighted by Gasteiger charge is 2.27. The number of nitrogens with zero attached hydrogens (tertiary/aromatic N) is 3. The van der Waals surface area contributed by atoms with Crippen LogP contribution in [0.4, 0.5) is 4.79 Å². The predicted molar refractivity (Wildman–Crippen MR) is 106 cm³/mol. The minimum Gasteiger partial charge on any atom is -0.338 e. The Hall–Kier alpha value is -2.08. The van der Waals surface area contributed by atoms with Crippen LogP contribution in [0, 0.1) is 6.92 Å². The van der Waals surface area contributed by atoms with Gasteiger partial charge in [0.25, 0.3) is 0 Å². The van der Waals surface area contributed by atoms with E-state index in [1.165, 1.54) is 31.5 Å². The molecule has 148 valence electrons. The largest absolute Gasteiger partial charge is 0.338 e. The Morgan fingerprint density at radius 3 is 2.67 bits per heavy atom. The van der Waals surface area contributed by atoms with Crippen LogP contribution >= 0.6 is 0 Å². The highest BCUT2D eigenvalue weighted by molar-refractivity contribution is 5.85. The predicted octanol–water partition coefficient (Wildman–Crippen LogP) is 2.22. The van der Waals surface area contributed by atoms with Crippen LogP contribution < -0.4 is 5.32 Å². The maximum absolute atomic E-state index is 12.5. The van der Waals surface area contributed by atoms with Crippen LogP contribution in [0.2, 0.25) is 0 Å². The van der Waals surface area contributed by atoms with E-state index in [2.05, 4.69) is 36.2 Å². The van der Waals surface area contributed by atoms with E-state index < -0.39 is 0 Å². The minimum atomic E-state index is -0.118. The average Bonchev–Trinajstić information content (AvgIpc) is 3.18. The third kappa shape index (κ3) is 5.45. The molecule has 3 rings (SSSR count). The van der Waals surface area contributed by atoms with Crippen molar-refractivity contribution in [3.8, 4) is 0 Å². The summed E-state index contributed by atoms with van der Waals surface area (Å²) in [5.41, 5.74) is 2.33. The first kappa shape index (κ1) is 19.7. The van der Waals surface area contributed by atoms with Crippen LogP contribution in [0.3, 0.4) is 0 Å². The molecule has 0 aliphatic carbocycles. The van der Waals surface area contributed by atoms with Crippen molar-refractivity contribution < 1.29 is 9.59 Å². The number of amides is 3. The third-order valence-electron chi connectivity index (χ3n) is 5.66. The number of carbonyl (C=O) groups is 2. The number of urea groups is 1. The molecule has 1 aromatic rings. The van der Waals surface area contributed by atoms with Crippen LogP contribution in [-0.2, 0) is 11.3 Å². The van der Waals surface area contributed by atoms with Gasteiger partial charge < -0.3 is 20.0 Å². The number of hydrogen-bond acceptors (Lipinski definition) is 3. The van der Waals surface area contributed by atoms with E-state index in [1.807, 2.05) is 17.0 Å². The van der Waals surface area contributed by atoms with Crippen molar-refractivity contribution in [2.24, 2.45) is 0 Å². The van der Waals surface area contributed by atoms with Crippen LogP contribution in [-0.4, -0.2) is 71.9 Å². The number of piperazine rings is 1. The molecule has 2 aliphatic heterocycles. The molecule has 0 unspecified atom stereocenters. The molecular weight excluding hydrogens is 340 g/mol. The van der Waals surface area contributed by atoms with Gasteiger partial charge in [-0.05, 0) is 51.8 Å². The van der Waals surface area contributed by atoms with E-state index in [9.17, 15) is 9.59 Å². The molecule has 1 aromatic carbocycles. The summed E-state index contributed by atoms with van der Waals surface area (Å²) in [4.78, 5) is 30.8. The smallest absolute Gasteiger partial charge is 0.317 e. The molecule has 1 N–H and O–H groups in total. The molecule has 27 heavy (non-hydrogen) atoms. The molecule has 0 aromatic heterocycles. The van der Waals surface area contributed by atoms with E-state index in [0.29, 0.717) is 32.2 Å². The van der Waals surface area contributed by atoms with Gasteiger partial charge in [0.15, 0.2) is 0 Å². The molecule has 0 radical (unpaired) electrons. The van der Waals surface area contributed by atoms with Gasteiger partial charge in [-0.3, -0.25) is 4.79 Å². The maximum atomic E-state index is 12.5. The lowest BCUT2D eigenvalue weighted by Crippen LogP contribution is -2.54. The Kier molecular flexibility index (Phi) is 6.72. The van der Waals surface area contributed by atoms with Gasteiger partial charge in [-0.2, -0.15) is 0 Å². The van der Waals surface area contributed by atoms with Crippen molar-refractivity contribution in [3.63, 3.8) is 0 Å². The van der Waals surface area contributed by atoms with E-state index in [4.69, 9.17) is 0 Å². The Balaban J connectivity index is 1.40. The summed E-state index contributed by atoms with van der Waals surface area (Å²) in [6.07, 6.45) is 3.52. The normalized spacial score (nSPS) is 19.4. The van der Waals surface area contributed by atoms with Gasteiger partial charge in [-0.15, -0.1) is 0 Å². The van der Waals surface area contributed by atoms with E-state index >= 15 is 0 Å². The van der Waals surface area contributed by atoms with Gasteiger partial charge in [0, 0.05) is 32.2 Å². The van der Waals surface area contributed by atoms with Crippen LogP contribution in [0.25, 0.3) is 0 Å². The molecule has 3 amide bonds. The van der Waals surface area contributed by atoms with E-state index in [1.54, 1.807) is 4.90 Å². The molecule has 2 heterocycles. The van der Waals surface area contributed by atoms with Gasteiger partial charge in [0.05, 0.1) is 0 Å². The minimum absolute atomic E-state index is 0.0170. The first-order chi connectivity index (χ1) is 13.0. The quantitative estimate of drug-likeness (QED) is 0.833. The summed E-state index contributed by atoms with van der Waals surface area (Å²) in [7, 11) is 0. The second kappa shape index (κ2) is 9.22. The molecule has 2 fully saturated rings. The monoisotopic (exact) mass is 372 g/mol. The zero-order valence-corrected chi connectivity index (χ0v) is 16.6. The van der Waals surface area contributed by atoms with Gasteiger partial charge in [0.2, 0.25) is 5.91 Å². The second-order valence-electron chi connectivity index (χ2n) is 7.84. The number of benzene rings is 1. The number of rotatable bonds is 6. The second-order valence-corrected chi connectivity index (χ2v) is 7.84. The highest BCUT2D eigenvalue weighted by Crippen LogP contribution is 2.14. The fourth-order valence-corrected chi connectivity index (χ4v) is 3.94. The Morgan fingerprint density at radius 1 is 1.19 bits per heavy atom. The molecular formula is C21H32N4O2. The van der Waals surface area contributed by atoms with Gasteiger partial charge >= 0.3 is 6.03 Å². The Bertz CT molecular complexity index is 657. The first-order valence-electron chi connectivity index (χ1n) is 10.1. The maximum Gasteiger partial charge on any atom is 0.317 e. The van der Waals surface area contributed by atoms with Crippen molar-refractivity contribution in [1.29, 1.82) is 0 Å². The summed E-state index contributed by atoms with van der Waals surface area (Å²) < 4.78 is 0.